The molecule has 32 heavy (non-hydrogen) atoms. The fourth-order valence-electron chi connectivity index (χ4n) is 4.06. The second-order valence-electron chi connectivity index (χ2n) is 7.97. The van der Waals surface area contributed by atoms with Gasteiger partial charge >= 0.3 is 5.97 Å². The Morgan fingerprint density at radius 1 is 1.00 bits per heavy atom. The van der Waals surface area contributed by atoms with Crippen LogP contribution in [0.1, 0.15) is 36.0 Å². The summed E-state index contributed by atoms with van der Waals surface area (Å²) in [7, 11) is -3.81. The summed E-state index contributed by atoms with van der Waals surface area (Å²) in [6, 6.07) is 13.9. The van der Waals surface area contributed by atoms with E-state index in [1.54, 1.807) is 0 Å². The van der Waals surface area contributed by atoms with Crippen LogP contribution < -0.4 is 4.90 Å². The van der Waals surface area contributed by atoms with Gasteiger partial charge in [0.25, 0.3) is 0 Å². The van der Waals surface area contributed by atoms with Crippen LogP contribution in [0.25, 0.3) is 0 Å². The van der Waals surface area contributed by atoms with E-state index in [2.05, 4.69) is 4.90 Å². The molecule has 7 nitrogen and oxygen atoms in total. The molecule has 1 aliphatic carbocycles. The highest BCUT2D eigenvalue weighted by molar-refractivity contribution is 7.89. The van der Waals surface area contributed by atoms with Gasteiger partial charge in [0, 0.05) is 38.3 Å². The molecule has 0 aromatic heterocycles. The molecule has 0 amide bonds. The minimum absolute atomic E-state index is 0.0167. The smallest absolute Gasteiger partial charge is 0.340 e. The van der Waals surface area contributed by atoms with Crippen molar-refractivity contribution in [3.05, 3.63) is 59.1 Å². The Kier molecular flexibility index (Phi) is 6.83. The molecule has 2 aromatic rings. The number of para-hydroxylation sites is 1. The van der Waals surface area contributed by atoms with Gasteiger partial charge in [-0.25, -0.2) is 13.2 Å². The van der Waals surface area contributed by atoms with E-state index in [-0.39, 0.29) is 21.3 Å². The number of nitrogens with zero attached hydrogens (tertiary/aromatic N) is 2. The van der Waals surface area contributed by atoms with E-state index in [4.69, 9.17) is 16.3 Å². The average molecular weight is 477 g/mol. The number of hydrogen-bond acceptors (Lipinski definition) is 6. The van der Waals surface area contributed by atoms with Gasteiger partial charge in [-0.2, -0.15) is 4.31 Å². The lowest BCUT2D eigenvalue weighted by atomic mass is 9.96. The third-order valence-electron chi connectivity index (χ3n) is 5.90. The molecule has 2 aliphatic rings. The topological polar surface area (TPSA) is 84.0 Å². The number of esters is 1. The van der Waals surface area contributed by atoms with Crippen LogP contribution in [0.5, 0.6) is 0 Å². The molecule has 9 heteroatoms. The van der Waals surface area contributed by atoms with E-state index < -0.39 is 22.1 Å². The fourth-order valence-corrected chi connectivity index (χ4v) is 5.71. The third-order valence-corrected chi connectivity index (χ3v) is 8.13. The van der Waals surface area contributed by atoms with Crippen LogP contribution in [-0.2, 0) is 19.6 Å². The lowest BCUT2D eigenvalue weighted by Crippen LogP contribution is -2.48. The SMILES string of the molecule is O=C(O[C@H]1CCCCC1=O)c1cc(S(=O)(=O)N2CCN(c3ccccc3)CC2)ccc1Cl. The summed E-state index contributed by atoms with van der Waals surface area (Å²) in [4.78, 5) is 26.8. The number of benzene rings is 2. The first-order valence-corrected chi connectivity index (χ1v) is 12.5. The Bertz CT molecular complexity index is 1100. The standard InChI is InChI=1S/C23H25ClN2O5S/c24-20-11-10-18(16-19(20)23(28)31-22-9-5-4-8-21(22)27)32(29,30)26-14-12-25(13-15-26)17-6-2-1-3-7-17/h1-3,6-7,10-11,16,22H,4-5,8-9,12-15H2/t22-/m0/s1. The van der Waals surface area contributed by atoms with E-state index in [0.29, 0.717) is 39.0 Å². The Morgan fingerprint density at radius 3 is 2.41 bits per heavy atom. The van der Waals surface area contributed by atoms with Crippen molar-refractivity contribution < 1.29 is 22.7 Å². The van der Waals surface area contributed by atoms with E-state index >= 15 is 0 Å². The zero-order valence-electron chi connectivity index (χ0n) is 17.6. The maximum absolute atomic E-state index is 13.2. The maximum atomic E-state index is 13.2. The maximum Gasteiger partial charge on any atom is 0.340 e. The van der Waals surface area contributed by atoms with Crippen molar-refractivity contribution in [3.63, 3.8) is 0 Å². The highest BCUT2D eigenvalue weighted by Crippen LogP contribution is 2.27. The first kappa shape index (κ1) is 22.8. The second kappa shape index (κ2) is 9.60. The molecule has 4 rings (SSSR count). The van der Waals surface area contributed by atoms with Crippen LogP contribution in [0.3, 0.4) is 0 Å². The average Bonchev–Trinajstić information content (AvgIpc) is 2.81. The van der Waals surface area contributed by atoms with Crippen molar-refractivity contribution in [1.29, 1.82) is 0 Å². The van der Waals surface area contributed by atoms with E-state index in [9.17, 15) is 18.0 Å². The monoisotopic (exact) mass is 476 g/mol. The van der Waals surface area contributed by atoms with Gasteiger partial charge < -0.3 is 9.64 Å². The van der Waals surface area contributed by atoms with Crippen molar-refractivity contribution in [3.8, 4) is 0 Å². The Labute approximate surface area is 193 Å². The second-order valence-corrected chi connectivity index (χ2v) is 10.3. The van der Waals surface area contributed by atoms with Gasteiger partial charge in [0.15, 0.2) is 11.9 Å². The quantitative estimate of drug-likeness (QED) is 0.614. The lowest BCUT2D eigenvalue weighted by Gasteiger charge is -2.35. The minimum Gasteiger partial charge on any atom is -0.451 e. The molecule has 1 aliphatic heterocycles. The normalized spacial score (nSPS) is 20.2. The zero-order chi connectivity index (χ0) is 22.7. The lowest BCUT2D eigenvalue weighted by molar-refractivity contribution is -0.129. The molecule has 1 saturated carbocycles. The number of anilines is 1. The number of carbonyl (C=O) groups is 2. The fraction of sp³-hybridized carbons (Fsp3) is 0.391. The highest BCUT2D eigenvalue weighted by atomic mass is 35.5. The van der Waals surface area contributed by atoms with Gasteiger partial charge in [0.05, 0.1) is 15.5 Å². The molecule has 1 saturated heterocycles. The summed E-state index contributed by atoms with van der Waals surface area (Å²) in [6.07, 6.45) is 1.67. The van der Waals surface area contributed by atoms with Gasteiger partial charge in [0.2, 0.25) is 10.0 Å². The molecule has 0 unspecified atom stereocenters. The summed E-state index contributed by atoms with van der Waals surface area (Å²) in [5.41, 5.74) is 1.01. The number of Topliss-reactive ketones (excluding diaryl/α,β-unsaturated/α-hetero) is 1. The van der Waals surface area contributed by atoms with Crippen LogP contribution in [0.2, 0.25) is 5.02 Å². The molecular weight excluding hydrogens is 452 g/mol. The Morgan fingerprint density at radius 2 is 1.72 bits per heavy atom. The van der Waals surface area contributed by atoms with Crippen molar-refractivity contribution in [2.24, 2.45) is 0 Å². The van der Waals surface area contributed by atoms with E-state index in [1.165, 1.54) is 22.5 Å². The number of rotatable bonds is 5. The van der Waals surface area contributed by atoms with Crippen LogP contribution in [0.4, 0.5) is 5.69 Å². The first-order chi connectivity index (χ1) is 15.4. The summed E-state index contributed by atoms with van der Waals surface area (Å²) >= 11 is 6.17. The van der Waals surface area contributed by atoms with Crippen LogP contribution in [0, 0.1) is 0 Å². The summed E-state index contributed by atoms with van der Waals surface area (Å²) in [5, 5.41) is 0.0890. The first-order valence-electron chi connectivity index (χ1n) is 10.7. The largest absolute Gasteiger partial charge is 0.451 e. The molecule has 0 bridgehead atoms. The highest BCUT2D eigenvalue weighted by Gasteiger charge is 2.31. The van der Waals surface area contributed by atoms with Gasteiger partial charge in [-0.1, -0.05) is 29.8 Å². The van der Waals surface area contributed by atoms with Crippen LogP contribution in [0.15, 0.2) is 53.4 Å². The molecule has 0 spiro atoms. The molecule has 1 heterocycles. The third kappa shape index (κ3) is 4.82. The van der Waals surface area contributed by atoms with E-state index in [0.717, 1.165) is 18.5 Å². The van der Waals surface area contributed by atoms with Crippen molar-refractivity contribution in [2.75, 3.05) is 31.1 Å². The van der Waals surface area contributed by atoms with Gasteiger partial charge in [-0.15, -0.1) is 0 Å². The Hall–Kier alpha value is -2.42. The molecule has 1 atom stereocenters. The van der Waals surface area contributed by atoms with Crippen LogP contribution >= 0.6 is 11.6 Å². The number of halogens is 1. The summed E-state index contributed by atoms with van der Waals surface area (Å²) < 4.78 is 33.2. The molecule has 170 valence electrons. The predicted octanol–water partition coefficient (Wildman–Crippen LogP) is 3.52. The van der Waals surface area contributed by atoms with Gasteiger partial charge in [-0.05, 0) is 49.6 Å². The number of sulfonamides is 1. The number of hydrogen-bond donors (Lipinski definition) is 0. The van der Waals surface area contributed by atoms with Gasteiger partial charge in [-0.3, -0.25) is 4.79 Å². The summed E-state index contributed by atoms with van der Waals surface area (Å²) in [5.74, 6) is -0.887. The van der Waals surface area contributed by atoms with Crippen LogP contribution in [-0.4, -0.2) is 56.8 Å². The molecule has 2 fully saturated rings. The number of ether oxygens (including phenoxy) is 1. The van der Waals surface area contributed by atoms with Crippen molar-refractivity contribution in [1.82, 2.24) is 4.31 Å². The molecular formula is C23H25ClN2O5S. The van der Waals surface area contributed by atoms with Gasteiger partial charge in [0.1, 0.15) is 0 Å². The number of ketones is 1. The molecule has 0 N–H and O–H groups in total. The number of carbonyl (C=O) groups excluding carboxylic acids is 2. The Balaban J connectivity index is 1.48. The number of piperazine rings is 1. The summed E-state index contributed by atoms with van der Waals surface area (Å²) in [6.45, 7) is 1.79. The molecule has 0 radical (unpaired) electrons. The minimum atomic E-state index is -3.81. The van der Waals surface area contributed by atoms with E-state index in [1.807, 2.05) is 30.3 Å². The molecule has 2 aromatic carbocycles. The van der Waals surface area contributed by atoms with Crippen molar-refractivity contribution in [2.45, 2.75) is 36.7 Å². The predicted molar refractivity (Wildman–Crippen MR) is 122 cm³/mol. The van der Waals surface area contributed by atoms with Crippen molar-refractivity contribution >= 4 is 39.1 Å². The zero-order valence-corrected chi connectivity index (χ0v) is 19.1.